The van der Waals surface area contributed by atoms with E-state index < -0.39 is 82.7 Å². The van der Waals surface area contributed by atoms with Gasteiger partial charge in [0.1, 0.15) is 30.0 Å². The van der Waals surface area contributed by atoms with E-state index in [4.69, 9.17) is 0 Å². The second kappa shape index (κ2) is 24.4. The molecule has 1 fully saturated rings. The van der Waals surface area contributed by atoms with Gasteiger partial charge in [0.2, 0.25) is 41.4 Å². The highest BCUT2D eigenvalue weighted by atomic mass is 19.1. The third-order valence-electron chi connectivity index (χ3n) is 15.1. The molecule has 0 radical (unpaired) electrons. The van der Waals surface area contributed by atoms with Crippen molar-refractivity contribution in [1.29, 1.82) is 0 Å². The van der Waals surface area contributed by atoms with Gasteiger partial charge in [-0.25, -0.2) is 4.39 Å². The Labute approximate surface area is 437 Å². The molecule has 0 spiro atoms. The molecule has 0 bridgehead atoms. The van der Waals surface area contributed by atoms with Gasteiger partial charge >= 0.3 is 0 Å². The molecule has 0 aromatic heterocycles. The van der Waals surface area contributed by atoms with Crippen LogP contribution in [0.25, 0.3) is 0 Å². The molecule has 402 valence electrons. The van der Waals surface area contributed by atoms with E-state index in [1.165, 1.54) is 20.8 Å². The number of amides is 7. The lowest BCUT2D eigenvalue weighted by Crippen LogP contribution is -2.62. The van der Waals surface area contributed by atoms with Crippen LogP contribution in [-0.2, 0) is 52.9 Å². The highest BCUT2D eigenvalue weighted by Gasteiger charge is 2.47. The van der Waals surface area contributed by atoms with Crippen LogP contribution in [0.5, 0.6) is 0 Å². The van der Waals surface area contributed by atoms with Crippen molar-refractivity contribution in [1.82, 2.24) is 46.6 Å². The monoisotopic (exact) mass is 1020 g/mol. The fraction of sp³-hybridized carbons (Fsp3) is 0.561. The summed E-state index contributed by atoms with van der Waals surface area (Å²) >= 11 is 0. The molecular weight excluding hydrogens is 942 g/mol. The number of carbonyl (C=O) groups excluding carboxylic acids is 7. The molecule has 0 saturated carbocycles. The summed E-state index contributed by atoms with van der Waals surface area (Å²) in [6, 6.07) is 15.0. The zero-order chi connectivity index (χ0) is 54.2. The molecule has 74 heavy (non-hydrogen) atoms. The summed E-state index contributed by atoms with van der Waals surface area (Å²) in [6.07, 6.45) is 2.91. The van der Waals surface area contributed by atoms with E-state index in [1.54, 1.807) is 53.1 Å². The Morgan fingerprint density at radius 3 is 1.85 bits per heavy atom. The van der Waals surface area contributed by atoms with Crippen LogP contribution in [-0.4, -0.2) is 126 Å². The second-order valence-electron chi connectivity index (χ2n) is 22.6. The van der Waals surface area contributed by atoms with Gasteiger partial charge in [-0.15, -0.1) is 0 Å². The van der Waals surface area contributed by atoms with Crippen molar-refractivity contribution >= 4 is 41.4 Å². The van der Waals surface area contributed by atoms with Gasteiger partial charge in [0, 0.05) is 44.1 Å². The molecule has 1 saturated heterocycles. The van der Waals surface area contributed by atoms with E-state index >= 15 is 9.18 Å². The standard InChI is InChI=1S/C57H80FN9O7/c1-34(59-10)50(69)63-48(56(4,5)6)54(73)66-32-39-22-13-12-21-38(39)30-46(66)53(72)65(36(3)41-24-16-17-26-43(41)58)29-19-28-47(68)61-40-31-45(52(71)62-44-27-18-23-37-20-14-15-25-42(37)44)67(33-40)55(74)49(57(7,8)9)64-51(70)35(2)60-11/h12-17,20-22,24-26,34-36,40,44-46,48-49,59-60H,18-19,23,27-33H2,1-11H3,(H,61,68)(H,62,71)(H,63,69)(H,64,70). The van der Waals surface area contributed by atoms with Crippen molar-refractivity contribution in [3.63, 3.8) is 0 Å². The quantitative estimate of drug-likeness (QED) is 0.101. The van der Waals surface area contributed by atoms with Gasteiger partial charge in [0.25, 0.3) is 0 Å². The van der Waals surface area contributed by atoms with E-state index in [9.17, 15) is 28.8 Å². The normalized spacial score (nSPS) is 20.6. The number of halogens is 1. The summed E-state index contributed by atoms with van der Waals surface area (Å²) in [5.41, 5.74) is 2.73. The molecule has 3 aromatic rings. The van der Waals surface area contributed by atoms with Crippen LogP contribution in [0.3, 0.4) is 0 Å². The maximum Gasteiger partial charge on any atom is 0.246 e. The average Bonchev–Trinajstić information content (AvgIpc) is 3.80. The number of rotatable bonds is 18. The fourth-order valence-corrected chi connectivity index (χ4v) is 10.4. The van der Waals surface area contributed by atoms with Gasteiger partial charge in [0.05, 0.1) is 24.2 Å². The average molecular weight is 1020 g/mol. The largest absolute Gasteiger partial charge is 0.351 e. The maximum absolute atomic E-state index is 15.6. The lowest BCUT2D eigenvalue weighted by Gasteiger charge is -2.43. The van der Waals surface area contributed by atoms with Crippen molar-refractivity contribution in [3.05, 3.63) is 106 Å². The number of fused-ring (bicyclic) bond motifs is 2. The van der Waals surface area contributed by atoms with Gasteiger partial charge in [-0.3, -0.25) is 33.6 Å². The van der Waals surface area contributed by atoms with E-state index in [0.717, 1.165) is 41.5 Å². The lowest BCUT2D eigenvalue weighted by molar-refractivity contribution is -0.152. The van der Waals surface area contributed by atoms with E-state index in [1.807, 2.05) is 84.0 Å². The Hall–Kier alpha value is -6.20. The van der Waals surface area contributed by atoms with Crippen molar-refractivity contribution in [2.75, 3.05) is 27.2 Å². The highest BCUT2D eigenvalue weighted by molar-refractivity contribution is 5.95. The predicted molar refractivity (Wildman–Crippen MR) is 282 cm³/mol. The second-order valence-corrected chi connectivity index (χ2v) is 22.6. The number of likely N-dealkylation sites (N-methyl/N-ethyl adjacent to an activating group) is 2. The van der Waals surface area contributed by atoms with E-state index in [-0.39, 0.29) is 80.6 Å². The lowest BCUT2D eigenvalue weighted by atomic mass is 9.84. The third-order valence-corrected chi connectivity index (χ3v) is 15.1. The molecule has 3 aliphatic rings. The molecule has 3 aromatic carbocycles. The first kappa shape index (κ1) is 57.1. The summed E-state index contributed by atoms with van der Waals surface area (Å²) in [5, 5.41) is 18.0. The number of benzene rings is 3. The molecule has 17 heteroatoms. The Kier molecular flexibility index (Phi) is 18.8. The zero-order valence-electron chi connectivity index (χ0n) is 45.3. The SMILES string of the molecule is CNC(C)C(=O)NC(C(=O)N1CC(NC(=O)CCCN(C(=O)C2Cc3ccccc3CN2C(=O)C(NC(=O)C(C)NC)C(C)(C)C)C(C)c2ccccc2F)CC1C(=O)NC1CCCc2ccccc21)C(C)(C)C. The number of carbonyl (C=O) groups is 7. The molecule has 6 rings (SSSR count). The van der Waals surface area contributed by atoms with Crippen LogP contribution in [0.15, 0.2) is 72.8 Å². The van der Waals surface area contributed by atoms with Crippen LogP contribution >= 0.6 is 0 Å². The minimum atomic E-state index is -1.03. The van der Waals surface area contributed by atoms with Crippen LogP contribution in [0.4, 0.5) is 4.39 Å². The summed E-state index contributed by atoms with van der Waals surface area (Å²) in [5.74, 6) is -3.27. The van der Waals surface area contributed by atoms with Crippen molar-refractivity contribution in [2.45, 2.75) is 168 Å². The Morgan fingerprint density at radius 1 is 0.703 bits per heavy atom. The fourth-order valence-electron chi connectivity index (χ4n) is 10.4. The van der Waals surface area contributed by atoms with Gasteiger partial charge in [-0.05, 0) is 106 Å². The molecule has 7 amide bonds. The highest BCUT2D eigenvalue weighted by Crippen LogP contribution is 2.34. The van der Waals surface area contributed by atoms with Crippen molar-refractivity contribution in [3.8, 4) is 0 Å². The number of aryl methyl sites for hydroxylation is 1. The van der Waals surface area contributed by atoms with Crippen LogP contribution < -0.4 is 31.9 Å². The van der Waals surface area contributed by atoms with Crippen molar-refractivity contribution in [2.24, 2.45) is 10.8 Å². The molecular formula is C57H80FN9O7. The first-order valence-electron chi connectivity index (χ1n) is 26.3. The smallest absolute Gasteiger partial charge is 0.246 e. The van der Waals surface area contributed by atoms with Crippen LogP contribution in [0.2, 0.25) is 0 Å². The molecule has 16 nitrogen and oxygen atoms in total. The first-order valence-corrected chi connectivity index (χ1v) is 26.3. The molecule has 9 unspecified atom stereocenters. The third kappa shape index (κ3) is 13.5. The molecule has 2 aliphatic heterocycles. The maximum atomic E-state index is 15.6. The first-order chi connectivity index (χ1) is 34.9. The molecule has 1 aliphatic carbocycles. The van der Waals surface area contributed by atoms with Crippen molar-refractivity contribution < 1.29 is 38.0 Å². The zero-order valence-corrected chi connectivity index (χ0v) is 45.3. The topological polar surface area (TPSA) is 201 Å². The summed E-state index contributed by atoms with van der Waals surface area (Å²) in [7, 11) is 3.31. The Morgan fingerprint density at radius 2 is 1.26 bits per heavy atom. The number of nitrogens with zero attached hydrogens (tertiary/aromatic N) is 3. The van der Waals surface area contributed by atoms with Crippen LogP contribution in [0.1, 0.15) is 134 Å². The van der Waals surface area contributed by atoms with Gasteiger partial charge in [-0.2, -0.15) is 0 Å². The van der Waals surface area contributed by atoms with Crippen LogP contribution in [0, 0.1) is 16.6 Å². The minimum absolute atomic E-state index is 0.0137. The Bertz CT molecular complexity index is 2520. The van der Waals surface area contributed by atoms with Gasteiger partial charge < -0.3 is 46.6 Å². The number of nitrogens with one attached hydrogen (secondary N) is 6. The van der Waals surface area contributed by atoms with E-state index in [0.29, 0.717) is 0 Å². The van der Waals surface area contributed by atoms with E-state index in [2.05, 4.69) is 38.0 Å². The van der Waals surface area contributed by atoms with Gasteiger partial charge in [-0.1, -0.05) is 108 Å². The Balaban J connectivity index is 1.24. The minimum Gasteiger partial charge on any atom is -0.351 e. The predicted octanol–water partition coefficient (Wildman–Crippen LogP) is 5.01. The van der Waals surface area contributed by atoms with Gasteiger partial charge in [0.15, 0.2) is 0 Å². The molecule has 9 atom stereocenters. The number of likely N-dealkylation sites (tertiary alicyclic amines) is 1. The molecule has 2 heterocycles. The summed E-state index contributed by atoms with van der Waals surface area (Å²) in [6.45, 7) is 16.4. The molecule has 6 N–H and O–H groups in total. The number of hydrogen-bond acceptors (Lipinski definition) is 9. The summed E-state index contributed by atoms with van der Waals surface area (Å²) < 4.78 is 15.6. The summed E-state index contributed by atoms with van der Waals surface area (Å²) in [4.78, 5) is 105. The number of hydrogen-bond donors (Lipinski definition) is 6.